The van der Waals surface area contributed by atoms with Gasteiger partial charge in [0.1, 0.15) is 0 Å². The quantitative estimate of drug-likeness (QED) is 0.810. The number of nitrogens with one attached hydrogen (secondary N) is 1. The Morgan fingerprint density at radius 2 is 1.96 bits per heavy atom. The molecular weight excluding hydrogens is 322 g/mol. The lowest BCUT2D eigenvalue weighted by Gasteiger charge is -2.38. The van der Waals surface area contributed by atoms with Crippen LogP contribution in [0, 0.1) is 0 Å². The number of amides is 1. The number of hydrogen-bond donors (Lipinski definition) is 2. The van der Waals surface area contributed by atoms with E-state index in [2.05, 4.69) is 5.32 Å². The SMILES string of the molecule is COCc1cc(NC(=O)C2(S(C)(=O)=O)CCC2)cc(C(=O)O)c1. The third-order valence-corrected chi connectivity index (χ3v) is 6.11. The number of ether oxygens (including phenoxy) is 1. The fraction of sp³-hybridized carbons (Fsp3) is 0.467. The van der Waals surface area contributed by atoms with Crippen molar-refractivity contribution in [2.45, 2.75) is 30.6 Å². The van der Waals surface area contributed by atoms with Gasteiger partial charge in [-0.15, -0.1) is 0 Å². The summed E-state index contributed by atoms with van der Waals surface area (Å²) < 4.78 is 27.4. The van der Waals surface area contributed by atoms with Crippen LogP contribution in [-0.2, 0) is 26.0 Å². The first-order valence-electron chi connectivity index (χ1n) is 7.07. The van der Waals surface area contributed by atoms with Gasteiger partial charge in [0, 0.05) is 19.1 Å². The second-order valence-electron chi connectivity index (χ2n) is 5.73. The third-order valence-electron chi connectivity index (χ3n) is 4.09. The zero-order chi connectivity index (χ0) is 17.3. The van der Waals surface area contributed by atoms with Gasteiger partial charge >= 0.3 is 5.97 Å². The first-order chi connectivity index (χ1) is 10.7. The van der Waals surface area contributed by atoms with Crippen molar-refractivity contribution in [2.75, 3.05) is 18.7 Å². The lowest BCUT2D eigenvalue weighted by molar-refractivity contribution is -0.120. The van der Waals surface area contributed by atoms with Gasteiger partial charge in [0.05, 0.1) is 12.2 Å². The average Bonchev–Trinajstić information content (AvgIpc) is 2.35. The Hall–Kier alpha value is -1.93. The van der Waals surface area contributed by atoms with Crippen LogP contribution >= 0.6 is 0 Å². The van der Waals surface area contributed by atoms with Gasteiger partial charge in [0.2, 0.25) is 5.91 Å². The van der Waals surface area contributed by atoms with Gasteiger partial charge < -0.3 is 15.2 Å². The number of benzene rings is 1. The van der Waals surface area contributed by atoms with Gasteiger partial charge in [0.25, 0.3) is 0 Å². The Morgan fingerprint density at radius 1 is 1.30 bits per heavy atom. The van der Waals surface area contributed by atoms with Crippen molar-refractivity contribution < 1.29 is 27.9 Å². The van der Waals surface area contributed by atoms with Crippen LogP contribution in [0.4, 0.5) is 5.69 Å². The van der Waals surface area contributed by atoms with E-state index in [1.165, 1.54) is 19.2 Å². The number of methoxy groups -OCH3 is 1. The van der Waals surface area contributed by atoms with Gasteiger partial charge in [-0.2, -0.15) is 0 Å². The van der Waals surface area contributed by atoms with E-state index in [4.69, 9.17) is 9.84 Å². The zero-order valence-corrected chi connectivity index (χ0v) is 13.8. The molecule has 0 atom stereocenters. The highest BCUT2D eigenvalue weighted by molar-refractivity contribution is 7.93. The van der Waals surface area contributed by atoms with Gasteiger partial charge in [-0.1, -0.05) is 0 Å². The van der Waals surface area contributed by atoms with Crippen LogP contribution in [0.25, 0.3) is 0 Å². The summed E-state index contributed by atoms with van der Waals surface area (Å²) in [5.74, 6) is -1.75. The van der Waals surface area contributed by atoms with Gasteiger partial charge in [-0.05, 0) is 43.0 Å². The van der Waals surface area contributed by atoms with E-state index in [1.54, 1.807) is 6.07 Å². The summed E-state index contributed by atoms with van der Waals surface area (Å²) in [7, 11) is -2.08. The average molecular weight is 341 g/mol. The van der Waals surface area contributed by atoms with E-state index in [1.807, 2.05) is 0 Å². The van der Waals surface area contributed by atoms with E-state index in [0.29, 0.717) is 12.0 Å². The summed E-state index contributed by atoms with van der Waals surface area (Å²) >= 11 is 0. The van der Waals surface area contributed by atoms with E-state index in [0.717, 1.165) is 6.26 Å². The summed E-state index contributed by atoms with van der Waals surface area (Å²) in [6.07, 6.45) is 2.28. The molecule has 2 rings (SSSR count). The molecule has 1 amide bonds. The Kier molecular flexibility index (Phi) is 4.76. The largest absolute Gasteiger partial charge is 0.478 e. The maximum absolute atomic E-state index is 12.4. The van der Waals surface area contributed by atoms with Crippen LogP contribution < -0.4 is 5.32 Å². The molecule has 1 fully saturated rings. The molecule has 126 valence electrons. The van der Waals surface area contributed by atoms with Gasteiger partial charge in [0.15, 0.2) is 14.6 Å². The highest BCUT2D eigenvalue weighted by Gasteiger charge is 2.52. The molecule has 1 saturated carbocycles. The second kappa shape index (κ2) is 6.29. The number of rotatable bonds is 6. The Morgan fingerprint density at radius 3 is 2.39 bits per heavy atom. The first-order valence-corrected chi connectivity index (χ1v) is 8.96. The van der Waals surface area contributed by atoms with E-state index >= 15 is 0 Å². The minimum absolute atomic E-state index is 0.00290. The number of anilines is 1. The van der Waals surface area contributed by atoms with Crippen LogP contribution in [-0.4, -0.2) is 43.5 Å². The molecule has 0 saturated heterocycles. The molecule has 1 aliphatic carbocycles. The first kappa shape index (κ1) is 17.4. The molecule has 8 heteroatoms. The van der Waals surface area contributed by atoms with Crippen molar-refractivity contribution >= 4 is 27.4 Å². The number of sulfone groups is 1. The highest BCUT2D eigenvalue weighted by Crippen LogP contribution is 2.40. The number of carbonyl (C=O) groups excluding carboxylic acids is 1. The fourth-order valence-electron chi connectivity index (χ4n) is 2.65. The van der Waals surface area contributed by atoms with Crippen LogP contribution in [0.5, 0.6) is 0 Å². The molecule has 0 bridgehead atoms. The van der Waals surface area contributed by atoms with Crippen molar-refractivity contribution in [2.24, 2.45) is 0 Å². The van der Waals surface area contributed by atoms with Crippen molar-refractivity contribution in [1.29, 1.82) is 0 Å². The number of carbonyl (C=O) groups is 2. The smallest absolute Gasteiger partial charge is 0.335 e. The molecule has 0 heterocycles. The van der Waals surface area contributed by atoms with E-state index in [9.17, 15) is 18.0 Å². The monoisotopic (exact) mass is 341 g/mol. The molecule has 0 spiro atoms. The third kappa shape index (κ3) is 3.37. The summed E-state index contributed by atoms with van der Waals surface area (Å²) in [4.78, 5) is 23.6. The van der Waals surface area contributed by atoms with Crippen LogP contribution in [0.3, 0.4) is 0 Å². The molecule has 23 heavy (non-hydrogen) atoms. The summed E-state index contributed by atoms with van der Waals surface area (Å²) in [6, 6.07) is 4.31. The maximum atomic E-state index is 12.4. The molecule has 0 radical (unpaired) electrons. The highest BCUT2D eigenvalue weighted by atomic mass is 32.2. The maximum Gasteiger partial charge on any atom is 0.335 e. The summed E-state index contributed by atoms with van der Waals surface area (Å²) in [5.41, 5.74) is 0.818. The fourth-order valence-corrected chi connectivity index (χ4v) is 4.06. The number of carboxylic acids is 1. The predicted octanol–water partition coefficient (Wildman–Crippen LogP) is 1.44. The second-order valence-corrected chi connectivity index (χ2v) is 8.06. The number of carboxylic acid groups (broad SMARTS) is 1. The van der Waals surface area contributed by atoms with Crippen LogP contribution in [0.2, 0.25) is 0 Å². The molecule has 2 N–H and O–H groups in total. The number of hydrogen-bond acceptors (Lipinski definition) is 5. The van der Waals surface area contributed by atoms with Crippen molar-refractivity contribution in [3.63, 3.8) is 0 Å². The summed E-state index contributed by atoms with van der Waals surface area (Å²) in [6.45, 7) is 0.182. The normalized spacial score (nSPS) is 16.4. The van der Waals surface area contributed by atoms with E-state index < -0.39 is 26.5 Å². The molecule has 7 nitrogen and oxygen atoms in total. The summed E-state index contributed by atoms with van der Waals surface area (Å²) in [5, 5.41) is 11.7. The molecule has 1 aliphatic rings. The predicted molar refractivity (Wildman–Crippen MR) is 84.2 cm³/mol. The lowest BCUT2D eigenvalue weighted by atomic mass is 9.83. The topological polar surface area (TPSA) is 110 Å². The molecular formula is C15H19NO6S. The van der Waals surface area contributed by atoms with Crippen molar-refractivity contribution in [3.05, 3.63) is 29.3 Å². The van der Waals surface area contributed by atoms with Crippen LogP contribution in [0.1, 0.15) is 35.2 Å². The zero-order valence-electron chi connectivity index (χ0n) is 13.0. The van der Waals surface area contributed by atoms with Gasteiger partial charge in [-0.25, -0.2) is 13.2 Å². The number of aromatic carboxylic acids is 1. The van der Waals surface area contributed by atoms with Crippen LogP contribution in [0.15, 0.2) is 18.2 Å². The Labute approximate surface area is 134 Å². The molecule has 1 aromatic rings. The molecule has 1 aromatic carbocycles. The van der Waals surface area contributed by atoms with Crippen molar-refractivity contribution in [1.82, 2.24) is 0 Å². The molecule has 0 aromatic heterocycles. The molecule has 0 aliphatic heterocycles. The molecule has 0 unspecified atom stereocenters. The minimum atomic E-state index is -3.55. The minimum Gasteiger partial charge on any atom is -0.478 e. The van der Waals surface area contributed by atoms with E-state index in [-0.39, 0.29) is 30.7 Å². The van der Waals surface area contributed by atoms with Gasteiger partial charge in [-0.3, -0.25) is 4.79 Å². The Bertz CT molecular complexity index is 736. The lowest BCUT2D eigenvalue weighted by Crippen LogP contribution is -2.54. The standard InChI is InChI=1S/C15H19NO6S/c1-22-9-10-6-11(13(17)18)8-12(7-10)16-14(19)15(4-3-5-15)23(2,20)21/h6-8H,3-5,9H2,1-2H3,(H,16,19)(H,17,18). The van der Waals surface area contributed by atoms with Crippen molar-refractivity contribution in [3.8, 4) is 0 Å². The Balaban J connectivity index is 2.32.